The molecule has 3 heterocycles. The van der Waals surface area contributed by atoms with E-state index in [-0.39, 0.29) is 17.5 Å². The molecule has 0 saturated heterocycles. The van der Waals surface area contributed by atoms with Gasteiger partial charge in [-0.3, -0.25) is 14.2 Å². The molecule has 30 heavy (non-hydrogen) atoms. The Morgan fingerprint density at radius 1 is 1.03 bits per heavy atom. The topological polar surface area (TPSA) is 79.8 Å². The molecule has 0 radical (unpaired) electrons. The number of aromatic nitrogens is 3. The molecular formula is C24H24N4O2. The molecule has 4 aromatic rings. The van der Waals surface area contributed by atoms with E-state index in [2.05, 4.69) is 24.1 Å². The second-order valence-corrected chi connectivity index (χ2v) is 8.43. The van der Waals surface area contributed by atoms with Gasteiger partial charge in [0, 0.05) is 23.5 Å². The van der Waals surface area contributed by atoms with E-state index < -0.39 is 6.04 Å². The fraction of sp³-hybridized carbons (Fsp3) is 0.292. The van der Waals surface area contributed by atoms with E-state index in [9.17, 15) is 9.59 Å². The van der Waals surface area contributed by atoms with Crippen LogP contribution in [0.5, 0.6) is 0 Å². The normalized spacial score (nSPS) is 18.7. The van der Waals surface area contributed by atoms with Crippen molar-refractivity contribution in [2.45, 2.75) is 38.8 Å². The predicted octanol–water partition coefficient (Wildman–Crippen LogP) is 3.88. The maximum atomic E-state index is 13.5. The standard InChI is InChI=1S/C24H24N4O2/c1-14(2)11-20-22-26-19-10-6-4-8-17(19)24(30)28(22)21(23(29)27-20)12-15-13-25-18-9-5-3-7-16(15)18/h3-10,13-14,20-21,25H,11-12H2,1-2H3,(H,27,29)/t20-,21-/m1/s1. The molecule has 6 heteroatoms. The van der Waals surface area contributed by atoms with Crippen LogP contribution in [0.1, 0.15) is 43.7 Å². The van der Waals surface area contributed by atoms with Gasteiger partial charge in [0.2, 0.25) is 5.91 Å². The first-order valence-electron chi connectivity index (χ1n) is 10.4. The maximum Gasteiger partial charge on any atom is 0.262 e. The monoisotopic (exact) mass is 400 g/mol. The molecule has 2 aromatic carbocycles. The number of hydrogen-bond donors (Lipinski definition) is 2. The van der Waals surface area contributed by atoms with Gasteiger partial charge in [-0.2, -0.15) is 0 Å². The van der Waals surface area contributed by atoms with Crippen LogP contribution in [-0.4, -0.2) is 20.4 Å². The molecule has 2 aromatic heterocycles. The molecule has 0 unspecified atom stereocenters. The number of nitrogens with one attached hydrogen (secondary N) is 2. The first-order chi connectivity index (χ1) is 14.5. The molecule has 0 saturated carbocycles. The van der Waals surface area contributed by atoms with Crippen molar-refractivity contribution in [3.63, 3.8) is 0 Å². The highest BCUT2D eigenvalue weighted by Crippen LogP contribution is 2.31. The summed E-state index contributed by atoms with van der Waals surface area (Å²) in [5.41, 5.74) is 2.55. The summed E-state index contributed by atoms with van der Waals surface area (Å²) in [4.78, 5) is 34.8. The molecule has 152 valence electrons. The van der Waals surface area contributed by atoms with Crippen LogP contribution in [0.15, 0.2) is 59.5 Å². The number of para-hydroxylation sites is 2. The third-order valence-corrected chi connectivity index (χ3v) is 5.87. The molecule has 5 rings (SSSR count). The fourth-order valence-electron chi connectivity index (χ4n) is 4.49. The quantitative estimate of drug-likeness (QED) is 0.546. The number of carbonyl (C=O) groups excluding carboxylic acids is 1. The molecule has 1 amide bonds. The number of aromatic amines is 1. The highest BCUT2D eigenvalue weighted by molar-refractivity contribution is 5.87. The lowest BCUT2D eigenvalue weighted by molar-refractivity contribution is -0.126. The first-order valence-corrected chi connectivity index (χ1v) is 10.4. The zero-order valence-electron chi connectivity index (χ0n) is 17.1. The molecular weight excluding hydrogens is 376 g/mol. The Labute approximate surface area is 173 Å². The van der Waals surface area contributed by atoms with E-state index in [1.807, 2.05) is 48.7 Å². The summed E-state index contributed by atoms with van der Waals surface area (Å²) in [6, 6.07) is 14.5. The van der Waals surface area contributed by atoms with Crippen LogP contribution in [0.2, 0.25) is 0 Å². The molecule has 6 nitrogen and oxygen atoms in total. The van der Waals surface area contributed by atoms with Gasteiger partial charge in [0.1, 0.15) is 11.9 Å². The largest absolute Gasteiger partial charge is 0.361 e. The van der Waals surface area contributed by atoms with Gasteiger partial charge >= 0.3 is 0 Å². The number of amides is 1. The van der Waals surface area contributed by atoms with Gasteiger partial charge in [0.25, 0.3) is 5.56 Å². The minimum Gasteiger partial charge on any atom is -0.361 e. The molecule has 0 spiro atoms. The van der Waals surface area contributed by atoms with Crippen LogP contribution >= 0.6 is 0 Å². The highest BCUT2D eigenvalue weighted by Gasteiger charge is 2.36. The van der Waals surface area contributed by atoms with Crippen molar-refractivity contribution in [1.29, 1.82) is 0 Å². The molecule has 0 fully saturated rings. The van der Waals surface area contributed by atoms with Gasteiger partial charge in [-0.15, -0.1) is 0 Å². The summed E-state index contributed by atoms with van der Waals surface area (Å²) < 4.78 is 1.63. The summed E-state index contributed by atoms with van der Waals surface area (Å²) in [7, 11) is 0. The lowest BCUT2D eigenvalue weighted by Gasteiger charge is -2.33. The summed E-state index contributed by atoms with van der Waals surface area (Å²) in [6.07, 6.45) is 3.09. The Hall–Kier alpha value is -3.41. The van der Waals surface area contributed by atoms with Crippen LogP contribution < -0.4 is 10.9 Å². The number of benzene rings is 2. The summed E-state index contributed by atoms with van der Waals surface area (Å²) in [5.74, 6) is 0.881. The number of carbonyl (C=O) groups is 1. The van der Waals surface area contributed by atoms with Gasteiger partial charge < -0.3 is 10.3 Å². The summed E-state index contributed by atoms with van der Waals surface area (Å²) in [5, 5.41) is 4.75. The summed E-state index contributed by atoms with van der Waals surface area (Å²) >= 11 is 0. The van der Waals surface area contributed by atoms with Crippen molar-refractivity contribution in [1.82, 2.24) is 19.9 Å². The van der Waals surface area contributed by atoms with Gasteiger partial charge in [0.05, 0.1) is 16.9 Å². The average Bonchev–Trinajstić information content (AvgIpc) is 3.14. The first kappa shape index (κ1) is 18.6. The van der Waals surface area contributed by atoms with E-state index in [0.29, 0.717) is 29.1 Å². The van der Waals surface area contributed by atoms with E-state index in [1.165, 1.54) is 0 Å². The third-order valence-electron chi connectivity index (χ3n) is 5.87. The van der Waals surface area contributed by atoms with Crippen molar-refractivity contribution >= 4 is 27.7 Å². The maximum absolute atomic E-state index is 13.5. The van der Waals surface area contributed by atoms with Gasteiger partial charge in [-0.05, 0) is 36.1 Å². The van der Waals surface area contributed by atoms with E-state index in [4.69, 9.17) is 4.98 Å². The van der Waals surface area contributed by atoms with E-state index in [0.717, 1.165) is 22.9 Å². The Morgan fingerprint density at radius 3 is 2.57 bits per heavy atom. The Morgan fingerprint density at radius 2 is 1.77 bits per heavy atom. The molecule has 0 bridgehead atoms. The minimum atomic E-state index is -0.632. The second-order valence-electron chi connectivity index (χ2n) is 8.43. The Kier molecular flexibility index (Phi) is 4.42. The SMILES string of the molecule is CC(C)C[C@H]1NC(=O)[C@@H](Cc2c[nH]c3ccccc23)n2c1nc1ccccc1c2=O. The molecule has 1 aliphatic rings. The van der Waals surface area contributed by atoms with Gasteiger partial charge in [-0.25, -0.2) is 4.98 Å². The van der Waals surface area contributed by atoms with Crippen LogP contribution in [0.3, 0.4) is 0 Å². The van der Waals surface area contributed by atoms with Crippen molar-refractivity contribution in [2.75, 3.05) is 0 Å². The van der Waals surface area contributed by atoms with Crippen molar-refractivity contribution in [3.05, 3.63) is 76.5 Å². The highest BCUT2D eigenvalue weighted by atomic mass is 16.2. The number of rotatable bonds is 4. The molecule has 0 aliphatic carbocycles. The zero-order chi connectivity index (χ0) is 20.8. The molecule has 1 aliphatic heterocycles. The second kappa shape index (κ2) is 7.13. The predicted molar refractivity (Wildman–Crippen MR) is 117 cm³/mol. The fourth-order valence-corrected chi connectivity index (χ4v) is 4.49. The van der Waals surface area contributed by atoms with Crippen LogP contribution in [0.4, 0.5) is 0 Å². The van der Waals surface area contributed by atoms with Gasteiger partial charge in [0.15, 0.2) is 0 Å². The van der Waals surface area contributed by atoms with Crippen molar-refractivity contribution in [2.24, 2.45) is 5.92 Å². The third kappa shape index (κ3) is 3.00. The lowest BCUT2D eigenvalue weighted by Crippen LogP contribution is -2.48. The van der Waals surface area contributed by atoms with Gasteiger partial charge in [-0.1, -0.05) is 44.2 Å². The minimum absolute atomic E-state index is 0.127. The number of H-pyrrole nitrogens is 1. The Bertz CT molecular complexity index is 1320. The number of nitrogens with zero attached hydrogens (tertiary/aromatic N) is 2. The van der Waals surface area contributed by atoms with Crippen molar-refractivity contribution in [3.8, 4) is 0 Å². The summed E-state index contributed by atoms with van der Waals surface area (Å²) in [6.45, 7) is 4.21. The van der Waals surface area contributed by atoms with Crippen LogP contribution in [-0.2, 0) is 11.2 Å². The van der Waals surface area contributed by atoms with Crippen LogP contribution in [0, 0.1) is 5.92 Å². The zero-order valence-corrected chi connectivity index (χ0v) is 17.1. The number of fused-ring (bicyclic) bond motifs is 3. The van der Waals surface area contributed by atoms with Crippen LogP contribution in [0.25, 0.3) is 21.8 Å². The number of hydrogen-bond acceptors (Lipinski definition) is 3. The smallest absolute Gasteiger partial charge is 0.262 e. The average molecular weight is 400 g/mol. The Balaban J connectivity index is 1.68. The molecule has 2 atom stereocenters. The van der Waals surface area contributed by atoms with E-state index >= 15 is 0 Å². The lowest BCUT2D eigenvalue weighted by atomic mass is 9.96. The molecule has 2 N–H and O–H groups in total. The van der Waals surface area contributed by atoms with E-state index in [1.54, 1.807) is 10.6 Å². The van der Waals surface area contributed by atoms with Crippen molar-refractivity contribution < 1.29 is 4.79 Å².